The molecule has 1 heterocycles. The Morgan fingerprint density at radius 3 is 2.06 bits per heavy atom. The summed E-state index contributed by atoms with van der Waals surface area (Å²) in [5.41, 5.74) is 5.66. The molecule has 0 aromatic heterocycles. The van der Waals surface area contributed by atoms with Crippen molar-refractivity contribution in [3.63, 3.8) is 0 Å². The average molecular weight is 238 g/mol. The molecular weight excluding hydrogens is 217 g/mol. The summed E-state index contributed by atoms with van der Waals surface area (Å²) in [6.45, 7) is 5.68. The molecule has 0 aromatic carbocycles. The lowest BCUT2D eigenvalue weighted by Crippen LogP contribution is -2.49. The Kier molecular flexibility index (Phi) is 4.62. The van der Waals surface area contributed by atoms with Crippen molar-refractivity contribution in [2.45, 2.75) is 38.9 Å². The van der Waals surface area contributed by atoms with Crippen LogP contribution in [0.15, 0.2) is 0 Å². The zero-order valence-electron chi connectivity index (χ0n) is 9.93. The number of hydrogen-bond donors (Lipinski definition) is 1. The van der Waals surface area contributed by atoms with Gasteiger partial charge in [0.25, 0.3) is 0 Å². The maximum atomic E-state index is 12.5. The van der Waals surface area contributed by atoms with Crippen molar-refractivity contribution in [2.75, 3.05) is 19.6 Å². The topological polar surface area (TPSA) is 29.3 Å². The summed E-state index contributed by atoms with van der Waals surface area (Å²) in [6.07, 6.45) is -3.60. The summed E-state index contributed by atoms with van der Waals surface area (Å²) in [7, 11) is 0. The highest BCUT2D eigenvalue weighted by Crippen LogP contribution is 2.34. The quantitative estimate of drug-likeness (QED) is 0.817. The zero-order chi connectivity index (χ0) is 12.3. The maximum absolute atomic E-state index is 12.5. The van der Waals surface area contributed by atoms with E-state index in [1.165, 1.54) is 0 Å². The third kappa shape index (κ3) is 3.35. The molecule has 5 heteroatoms. The first kappa shape index (κ1) is 13.8. The number of nitrogens with zero attached hydrogens (tertiary/aromatic N) is 1. The molecule has 96 valence electrons. The van der Waals surface area contributed by atoms with E-state index in [0.29, 0.717) is 25.6 Å². The van der Waals surface area contributed by atoms with Gasteiger partial charge in [-0.05, 0) is 31.8 Å². The second-order valence-corrected chi connectivity index (χ2v) is 4.90. The van der Waals surface area contributed by atoms with Crippen LogP contribution >= 0.6 is 0 Å². The lowest BCUT2D eigenvalue weighted by Gasteiger charge is -2.39. The van der Waals surface area contributed by atoms with E-state index < -0.39 is 12.1 Å². The molecule has 2 N–H and O–H groups in total. The summed E-state index contributed by atoms with van der Waals surface area (Å²) >= 11 is 0. The Labute approximate surface area is 95.0 Å². The number of piperidine rings is 1. The molecule has 0 bridgehead atoms. The summed E-state index contributed by atoms with van der Waals surface area (Å²) in [5, 5.41) is 0. The Morgan fingerprint density at radius 1 is 1.25 bits per heavy atom. The van der Waals surface area contributed by atoms with Crippen LogP contribution in [0, 0.1) is 11.8 Å². The number of rotatable bonds is 3. The van der Waals surface area contributed by atoms with Crippen LogP contribution in [0.1, 0.15) is 26.7 Å². The minimum atomic E-state index is -4.03. The first-order valence-electron chi connectivity index (χ1n) is 5.87. The van der Waals surface area contributed by atoms with Gasteiger partial charge in [0.05, 0.1) is 5.92 Å². The number of halogens is 3. The van der Waals surface area contributed by atoms with Crippen LogP contribution in [-0.2, 0) is 0 Å². The molecule has 1 fully saturated rings. The highest BCUT2D eigenvalue weighted by Gasteiger charge is 2.41. The predicted octanol–water partition coefficient (Wildman–Crippen LogP) is 2.24. The van der Waals surface area contributed by atoms with Crippen molar-refractivity contribution >= 4 is 0 Å². The van der Waals surface area contributed by atoms with Gasteiger partial charge < -0.3 is 5.73 Å². The van der Waals surface area contributed by atoms with E-state index in [1.807, 2.05) is 0 Å². The molecule has 2 nitrogen and oxygen atoms in total. The largest absolute Gasteiger partial charge is 0.391 e. The third-order valence-corrected chi connectivity index (χ3v) is 3.47. The molecule has 1 saturated heterocycles. The van der Waals surface area contributed by atoms with E-state index in [0.717, 1.165) is 0 Å². The van der Waals surface area contributed by atoms with Crippen molar-refractivity contribution in [1.29, 1.82) is 0 Å². The van der Waals surface area contributed by atoms with Crippen molar-refractivity contribution in [3.05, 3.63) is 0 Å². The minimum absolute atomic E-state index is 0.215. The molecule has 0 saturated carbocycles. The first-order valence-corrected chi connectivity index (χ1v) is 5.87. The summed E-state index contributed by atoms with van der Waals surface area (Å²) in [6, 6.07) is 0.217. The van der Waals surface area contributed by atoms with Gasteiger partial charge in [-0.15, -0.1) is 0 Å². The van der Waals surface area contributed by atoms with Gasteiger partial charge in [-0.25, -0.2) is 0 Å². The predicted molar refractivity (Wildman–Crippen MR) is 58.0 cm³/mol. The second-order valence-electron chi connectivity index (χ2n) is 4.90. The molecule has 1 aliphatic heterocycles. The molecule has 1 rings (SSSR count). The van der Waals surface area contributed by atoms with Gasteiger partial charge in [0.2, 0.25) is 0 Å². The normalized spacial score (nSPS) is 22.7. The Morgan fingerprint density at radius 2 is 1.75 bits per heavy atom. The van der Waals surface area contributed by atoms with Crippen LogP contribution in [0.2, 0.25) is 0 Å². The smallest absolute Gasteiger partial charge is 0.329 e. The van der Waals surface area contributed by atoms with E-state index >= 15 is 0 Å². The number of alkyl halides is 3. The molecule has 0 radical (unpaired) electrons. The molecule has 1 aliphatic rings. The Balaban J connectivity index is 2.48. The van der Waals surface area contributed by atoms with Crippen molar-refractivity contribution in [2.24, 2.45) is 17.6 Å². The molecule has 0 spiro atoms. The van der Waals surface area contributed by atoms with Crippen molar-refractivity contribution in [3.8, 4) is 0 Å². The van der Waals surface area contributed by atoms with Crippen LogP contribution in [-0.4, -0.2) is 36.8 Å². The van der Waals surface area contributed by atoms with Gasteiger partial charge in [-0.1, -0.05) is 13.8 Å². The highest BCUT2D eigenvalue weighted by molar-refractivity contribution is 4.83. The lowest BCUT2D eigenvalue weighted by molar-refractivity contribution is -0.186. The molecular formula is C11H21F3N2. The van der Waals surface area contributed by atoms with Crippen LogP contribution in [0.4, 0.5) is 13.2 Å². The maximum Gasteiger partial charge on any atom is 0.391 e. The molecule has 0 aromatic rings. The lowest BCUT2D eigenvalue weighted by atomic mass is 9.93. The van der Waals surface area contributed by atoms with E-state index in [1.54, 1.807) is 0 Å². The first-order chi connectivity index (χ1) is 7.36. The monoisotopic (exact) mass is 238 g/mol. The van der Waals surface area contributed by atoms with Gasteiger partial charge in [-0.2, -0.15) is 13.2 Å². The Hall–Kier alpha value is -0.290. The summed E-state index contributed by atoms with van der Waals surface area (Å²) in [5.74, 6) is -0.721. The van der Waals surface area contributed by atoms with Gasteiger partial charge in [0.15, 0.2) is 0 Å². The SMILES string of the molecule is CC(C)C(CN)N1CCC(C(F)(F)F)CC1. The molecule has 1 atom stereocenters. The fourth-order valence-corrected chi connectivity index (χ4v) is 2.40. The molecule has 16 heavy (non-hydrogen) atoms. The number of hydrogen-bond acceptors (Lipinski definition) is 2. The van der Waals surface area contributed by atoms with Crippen LogP contribution in [0.3, 0.4) is 0 Å². The molecule has 0 amide bonds. The third-order valence-electron chi connectivity index (χ3n) is 3.47. The average Bonchev–Trinajstić information content (AvgIpc) is 2.17. The highest BCUT2D eigenvalue weighted by atomic mass is 19.4. The van der Waals surface area contributed by atoms with E-state index in [9.17, 15) is 13.2 Å². The van der Waals surface area contributed by atoms with Gasteiger partial charge in [0.1, 0.15) is 0 Å². The minimum Gasteiger partial charge on any atom is -0.329 e. The van der Waals surface area contributed by atoms with Gasteiger partial charge >= 0.3 is 6.18 Å². The number of likely N-dealkylation sites (tertiary alicyclic amines) is 1. The summed E-state index contributed by atoms with van der Waals surface area (Å²) in [4.78, 5) is 2.10. The molecule has 0 aliphatic carbocycles. The fourth-order valence-electron chi connectivity index (χ4n) is 2.40. The van der Waals surface area contributed by atoms with E-state index in [4.69, 9.17) is 5.73 Å². The standard InChI is InChI=1S/C11H21F3N2/c1-8(2)10(7-15)16-5-3-9(4-6-16)11(12,13)14/h8-10H,3-7,15H2,1-2H3. The van der Waals surface area contributed by atoms with Crippen LogP contribution in [0.25, 0.3) is 0 Å². The van der Waals surface area contributed by atoms with Gasteiger partial charge in [0, 0.05) is 12.6 Å². The second kappa shape index (κ2) is 5.36. The van der Waals surface area contributed by atoms with E-state index in [2.05, 4.69) is 18.7 Å². The Bertz CT molecular complexity index is 208. The van der Waals surface area contributed by atoms with Crippen LogP contribution in [0.5, 0.6) is 0 Å². The fraction of sp³-hybridized carbons (Fsp3) is 1.00. The van der Waals surface area contributed by atoms with Crippen molar-refractivity contribution in [1.82, 2.24) is 4.90 Å². The van der Waals surface area contributed by atoms with Crippen molar-refractivity contribution < 1.29 is 13.2 Å². The van der Waals surface area contributed by atoms with Crippen LogP contribution < -0.4 is 5.73 Å². The summed E-state index contributed by atoms with van der Waals surface area (Å²) < 4.78 is 37.4. The molecule has 1 unspecified atom stereocenters. The van der Waals surface area contributed by atoms with Gasteiger partial charge in [-0.3, -0.25) is 4.90 Å². The van der Waals surface area contributed by atoms with E-state index in [-0.39, 0.29) is 18.9 Å². The zero-order valence-corrected chi connectivity index (χ0v) is 9.93. The number of nitrogens with two attached hydrogens (primary N) is 1.